The van der Waals surface area contributed by atoms with Crippen LogP contribution in [0.15, 0.2) is 23.2 Å². The Balaban J connectivity index is 2.26. The minimum Gasteiger partial charge on any atom is -0.356 e. The second-order valence-corrected chi connectivity index (χ2v) is 6.29. The Morgan fingerprint density at radius 1 is 1.14 bits per heavy atom. The molecule has 0 aromatic heterocycles. The number of thioether (sulfide) groups is 1. The molecule has 4 heteroatoms. The molecule has 0 atom stereocenters. The van der Waals surface area contributed by atoms with Gasteiger partial charge in [0, 0.05) is 20.1 Å². The van der Waals surface area contributed by atoms with E-state index in [1.165, 1.54) is 35.3 Å². The summed E-state index contributed by atoms with van der Waals surface area (Å²) in [6, 6.07) is 6.65. The van der Waals surface area contributed by atoms with Crippen LogP contribution < -0.4 is 10.6 Å². The van der Waals surface area contributed by atoms with Gasteiger partial charge < -0.3 is 10.6 Å². The Hall–Kier alpha value is -1.16. The van der Waals surface area contributed by atoms with E-state index in [1.54, 1.807) is 0 Å². The Morgan fingerprint density at radius 3 is 2.57 bits per heavy atom. The third kappa shape index (κ3) is 7.42. The monoisotopic (exact) mass is 307 g/mol. The minimum absolute atomic E-state index is 0.906. The molecule has 0 bridgehead atoms. The van der Waals surface area contributed by atoms with E-state index in [4.69, 9.17) is 0 Å². The van der Waals surface area contributed by atoms with Gasteiger partial charge in [0.05, 0.1) is 0 Å². The highest BCUT2D eigenvalue weighted by atomic mass is 32.2. The van der Waals surface area contributed by atoms with Gasteiger partial charge in [-0.2, -0.15) is 11.8 Å². The molecule has 21 heavy (non-hydrogen) atoms. The zero-order valence-electron chi connectivity index (χ0n) is 13.8. The Morgan fingerprint density at radius 2 is 1.90 bits per heavy atom. The summed E-state index contributed by atoms with van der Waals surface area (Å²) >= 11 is 1.91. The van der Waals surface area contributed by atoms with Crippen molar-refractivity contribution < 1.29 is 0 Å². The molecule has 1 aromatic rings. The first-order valence-electron chi connectivity index (χ1n) is 7.67. The molecule has 0 spiro atoms. The molecular formula is C17H29N3S. The third-order valence-electron chi connectivity index (χ3n) is 3.48. The molecule has 118 valence electrons. The number of nitrogens with one attached hydrogen (secondary N) is 2. The first-order chi connectivity index (χ1) is 10.2. The van der Waals surface area contributed by atoms with Gasteiger partial charge in [-0.15, -0.1) is 0 Å². The molecule has 0 saturated carbocycles. The summed E-state index contributed by atoms with van der Waals surface area (Å²) in [5.74, 6) is 2.14. The normalized spacial score (nSPS) is 11.5. The molecule has 0 aliphatic carbocycles. The number of hydrogen-bond donors (Lipinski definition) is 2. The topological polar surface area (TPSA) is 36.4 Å². The first kappa shape index (κ1) is 17.9. The van der Waals surface area contributed by atoms with E-state index in [9.17, 15) is 0 Å². The van der Waals surface area contributed by atoms with Crippen molar-refractivity contribution in [2.75, 3.05) is 32.1 Å². The van der Waals surface area contributed by atoms with E-state index in [-0.39, 0.29) is 0 Å². The third-order valence-corrected chi connectivity index (χ3v) is 4.17. The summed E-state index contributed by atoms with van der Waals surface area (Å²) in [4.78, 5) is 4.26. The second-order valence-electron chi connectivity index (χ2n) is 5.31. The highest BCUT2D eigenvalue weighted by Gasteiger charge is 2.00. The molecule has 3 nitrogen and oxygen atoms in total. The maximum Gasteiger partial charge on any atom is 0.190 e. The number of hydrogen-bond acceptors (Lipinski definition) is 2. The lowest BCUT2D eigenvalue weighted by Crippen LogP contribution is -2.38. The van der Waals surface area contributed by atoms with Crippen LogP contribution in [0, 0.1) is 13.8 Å². The summed E-state index contributed by atoms with van der Waals surface area (Å²) in [7, 11) is 1.83. The van der Waals surface area contributed by atoms with Crippen molar-refractivity contribution in [2.24, 2.45) is 4.99 Å². The smallest absolute Gasteiger partial charge is 0.190 e. The van der Waals surface area contributed by atoms with Crippen LogP contribution in [0.4, 0.5) is 0 Å². The zero-order valence-corrected chi connectivity index (χ0v) is 14.6. The fourth-order valence-corrected chi connectivity index (χ4v) is 2.73. The summed E-state index contributed by atoms with van der Waals surface area (Å²) in [6.07, 6.45) is 5.63. The van der Waals surface area contributed by atoms with Crippen molar-refractivity contribution in [3.63, 3.8) is 0 Å². The predicted octanol–water partition coefficient (Wildman–Crippen LogP) is 3.15. The van der Waals surface area contributed by atoms with Crippen LogP contribution >= 0.6 is 11.8 Å². The zero-order chi connectivity index (χ0) is 15.5. The number of rotatable bonds is 8. The summed E-state index contributed by atoms with van der Waals surface area (Å²) < 4.78 is 0. The van der Waals surface area contributed by atoms with Crippen LogP contribution in [0.2, 0.25) is 0 Å². The molecule has 0 heterocycles. The highest BCUT2D eigenvalue weighted by Crippen LogP contribution is 2.10. The summed E-state index contributed by atoms with van der Waals surface area (Å²) in [6.45, 7) is 6.22. The van der Waals surface area contributed by atoms with E-state index in [0.717, 1.165) is 25.5 Å². The van der Waals surface area contributed by atoms with E-state index < -0.39 is 0 Å². The molecule has 0 unspecified atom stereocenters. The van der Waals surface area contributed by atoms with Crippen molar-refractivity contribution in [1.82, 2.24) is 10.6 Å². The summed E-state index contributed by atoms with van der Waals surface area (Å²) in [5.41, 5.74) is 4.10. The SMILES string of the molecule is CN=C(NCCCCSC)NCCc1ccc(C)cc1C. The average Bonchev–Trinajstić information content (AvgIpc) is 2.47. The van der Waals surface area contributed by atoms with Crippen molar-refractivity contribution in [1.29, 1.82) is 0 Å². The van der Waals surface area contributed by atoms with Gasteiger partial charge in [-0.25, -0.2) is 0 Å². The Kier molecular flexibility index (Phi) is 8.99. The van der Waals surface area contributed by atoms with Crippen LogP contribution in [0.3, 0.4) is 0 Å². The standard InChI is InChI=1S/C17H29N3S/c1-14-7-8-16(15(2)13-14)9-11-20-17(18-3)19-10-5-6-12-21-4/h7-8,13H,5-6,9-12H2,1-4H3,(H2,18,19,20). The largest absolute Gasteiger partial charge is 0.356 e. The highest BCUT2D eigenvalue weighted by molar-refractivity contribution is 7.98. The number of aryl methyl sites for hydroxylation is 2. The van der Waals surface area contributed by atoms with Gasteiger partial charge in [-0.3, -0.25) is 4.99 Å². The fraction of sp³-hybridized carbons (Fsp3) is 0.588. The maximum atomic E-state index is 4.26. The van der Waals surface area contributed by atoms with Crippen LogP contribution in [0.5, 0.6) is 0 Å². The van der Waals surface area contributed by atoms with Gasteiger partial charge in [0.25, 0.3) is 0 Å². The second kappa shape index (κ2) is 10.6. The van der Waals surface area contributed by atoms with E-state index in [0.29, 0.717) is 0 Å². The van der Waals surface area contributed by atoms with Crippen molar-refractivity contribution in [2.45, 2.75) is 33.1 Å². The van der Waals surface area contributed by atoms with E-state index >= 15 is 0 Å². The molecule has 0 aliphatic rings. The average molecular weight is 308 g/mol. The lowest BCUT2D eigenvalue weighted by molar-refractivity contribution is 0.730. The predicted molar refractivity (Wildman–Crippen MR) is 96.6 cm³/mol. The van der Waals surface area contributed by atoms with E-state index in [1.807, 2.05) is 18.8 Å². The number of guanidine groups is 1. The van der Waals surface area contributed by atoms with Crippen molar-refractivity contribution in [3.8, 4) is 0 Å². The lowest BCUT2D eigenvalue weighted by atomic mass is 10.0. The van der Waals surface area contributed by atoms with Gasteiger partial charge >= 0.3 is 0 Å². The van der Waals surface area contributed by atoms with Gasteiger partial charge in [-0.1, -0.05) is 23.8 Å². The molecule has 1 rings (SSSR count). The Bertz CT molecular complexity index is 444. The lowest BCUT2D eigenvalue weighted by Gasteiger charge is -2.12. The van der Waals surface area contributed by atoms with Crippen molar-refractivity contribution >= 4 is 17.7 Å². The molecule has 0 amide bonds. The quantitative estimate of drug-likeness (QED) is 0.440. The molecule has 0 radical (unpaired) electrons. The van der Waals surface area contributed by atoms with Gasteiger partial charge in [-0.05, 0) is 56.2 Å². The van der Waals surface area contributed by atoms with Gasteiger partial charge in [0.15, 0.2) is 5.96 Å². The minimum atomic E-state index is 0.906. The fourth-order valence-electron chi connectivity index (χ4n) is 2.24. The number of nitrogens with zero attached hydrogens (tertiary/aromatic N) is 1. The molecular weight excluding hydrogens is 278 g/mol. The maximum absolute atomic E-state index is 4.26. The van der Waals surface area contributed by atoms with Crippen LogP contribution in [-0.4, -0.2) is 38.1 Å². The number of unbranched alkanes of at least 4 members (excludes halogenated alkanes) is 1. The Labute approximate surface area is 134 Å². The van der Waals surface area contributed by atoms with Crippen LogP contribution in [-0.2, 0) is 6.42 Å². The molecule has 1 aromatic carbocycles. The van der Waals surface area contributed by atoms with Crippen molar-refractivity contribution in [3.05, 3.63) is 34.9 Å². The number of aliphatic imine (C=N–C) groups is 1. The summed E-state index contributed by atoms with van der Waals surface area (Å²) in [5, 5.41) is 6.75. The van der Waals surface area contributed by atoms with Gasteiger partial charge in [0.1, 0.15) is 0 Å². The molecule has 2 N–H and O–H groups in total. The van der Waals surface area contributed by atoms with Crippen LogP contribution in [0.25, 0.3) is 0 Å². The number of benzene rings is 1. The van der Waals surface area contributed by atoms with Crippen LogP contribution in [0.1, 0.15) is 29.5 Å². The van der Waals surface area contributed by atoms with E-state index in [2.05, 4.69) is 53.9 Å². The molecule has 0 saturated heterocycles. The molecule has 0 aliphatic heterocycles. The first-order valence-corrected chi connectivity index (χ1v) is 9.06. The molecule has 0 fully saturated rings. The van der Waals surface area contributed by atoms with Gasteiger partial charge in [0.2, 0.25) is 0 Å².